The number of amidine groups is 1. The normalized spacial score (nSPS) is 10.1. The first-order valence-corrected chi connectivity index (χ1v) is 6.25. The smallest absolute Gasteiger partial charge is 0.259 e. The van der Waals surface area contributed by atoms with Crippen LogP contribution in [0.3, 0.4) is 0 Å². The molecule has 0 atom stereocenters. The maximum Gasteiger partial charge on any atom is 0.259 e. The number of nitrogen functional groups attached to an aromatic ring is 1. The molecule has 0 aliphatic heterocycles. The second-order valence-electron chi connectivity index (χ2n) is 4.42. The highest BCUT2D eigenvalue weighted by Crippen LogP contribution is 2.29. The molecule has 0 unspecified atom stereocenters. The van der Waals surface area contributed by atoms with Crippen molar-refractivity contribution in [1.29, 1.82) is 5.41 Å². The number of amides is 1. The van der Waals surface area contributed by atoms with Crippen LogP contribution in [0, 0.1) is 11.2 Å². The molecule has 2 rings (SSSR count). The van der Waals surface area contributed by atoms with Crippen LogP contribution in [0.5, 0.6) is 11.5 Å². The molecule has 5 N–H and O–H groups in total. The number of hydrogen-bond donors (Lipinski definition) is 4. The Labute approximate surface area is 125 Å². The zero-order chi connectivity index (χ0) is 16.3. The highest BCUT2D eigenvalue weighted by atomic mass is 19.1. The van der Waals surface area contributed by atoms with Gasteiger partial charge in [-0.15, -0.1) is 0 Å². The van der Waals surface area contributed by atoms with Gasteiger partial charge in [0, 0.05) is 5.69 Å². The average Bonchev–Trinajstić information content (AvgIpc) is 2.47. The summed E-state index contributed by atoms with van der Waals surface area (Å²) in [5.41, 5.74) is 5.34. The number of benzene rings is 2. The SMILES string of the molecule is COc1cccc(C(=O)Nc2ccc(C(=N)N)c(F)c2)c1O. The minimum Gasteiger partial charge on any atom is -0.504 e. The Kier molecular flexibility index (Phi) is 4.26. The van der Waals surface area contributed by atoms with Gasteiger partial charge in [-0.3, -0.25) is 10.2 Å². The van der Waals surface area contributed by atoms with Gasteiger partial charge in [-0.2, -0.15) is 0 Å². The van der Waals surface area contributed by atoms with Crippen molar-refractivity contribution in [2.24, 2.45) is 5.73 Å². The van der Waals surface area contributed by atoms with Crippen molar-refractivity contribution in [3.63, 3.8) is 0 Å². The lowest BCUT2D eigenvalue weighted by molar-refractivity contribution is 0.102. The number of hydrogen-bond acceptors (Lipinski definition) is 4. The van der Waals surface area contributed by atoms with Crippen molar-refractivity contribution in [2.45, 2.75) is 0 Å². The fourth-order valence-corrected chi connectivity index (χ4v) is 1.88. The predicted octanol–water partition coefficient (Wildman–Crippen LogP) is 2.08. The Morgan fingerprint density at radius 1 is 1.32 bits per heavy atom. The first-order chi connectivity index (χ1) is 10.4. The lowest BCUT2D eigenvalue weighted by Gasteiger charge is -2.10. The minimum atomic E-state index is -0.722. The molecule has 114 valence electrons. The number of phenolic OH excluding ortho intramolecular Hbond substituents is 1. The second kappa shape index (κ2) is 6.13. The Balaban J connectivity index is 2.26. The van der Waals surface area contributed by atoms with Crippen LogP contribution in [0.15, 0.2) is 36.4 Å². The molecule has 0 aliphatic rings. The highest BCUT2D eigenvalue weighted by Gasteiger charge is 2.15. The lowest BCUT2D eigenvalue weighted by Crippen LogP contribution is -2.15. The molecule has 0 bridgehead atoms. The number of aromatic hydroxyl groups is 1. The van der Waals surface area contributed by atoms with E-state index in [9.17, 15) is 14.3 Å². The molecule has 2 aromatic carbocycles. The van der Waals surface area contributed by atoms with E-state index < -0.39 is 17.6 Å². The molecule has 0 aliphatic carbocycles. The van der Waals surface area contributed by atoms with Gasteiger partial charge < -0.3 is 20.9 Å². The largest absolute Gasteiger partial charge is 0.504 e. The van der Waals surface area contributed by atoms with E-state index in [1.807, 2.05) is 0 Å². The molecule has 6 nitrogen and oxygen atoms in total. The summed E-state index contributed by atoms with van der Waals surface area (Å²) < 4.78 is 18.6. The van der Waals surface area contributed by atoms with Crippen LogP contribution in [0.4, 0.5) is 10.1 Å². The average molecular weight is 303 g/mol. The molecule has 2 aromatic rings. The quantitative estimate of drug-likeness (QED) is 0.512. The molecule has 22 heavy (non-hydrogen) atoms. The number of halogens is 1. The Morgan fingerprint density at radius 3 is 2.64 bits per heavy atom. The fourth-order valence-electron chi connectivity index (χ4n) is 1.88. The van der Waals surface area contributed by atoms with Crippen LogP contribution >= 0.6 is 0 Å². The number of para-hydroxylation sites is 1. The number of carbonyl (C=O) groups excluding carboxylic acids is 1. The summed E-state index contributed by atoms with van der Waals surface area (Å²) in [6.07, 6.45) is 0. The van der Waals surface area contributed by atoms with Crippen molar-refractivity contribution in [3.8, 4) is 11.5 Å². The monoisotopic (exact) mass is 303 g/mol. The Bertz CT molecular complexity index is 747. The molecule has 0 heterocycles. The summed E-state index contributed by atoms with van der Waals surface area (Å²) in [4.78, 5) is 12.1. The van der Waals surface area contributed by atoms with Crippen LogP contribution in [-0.2, 0) is 0 Å². The third-order valence-electron chi connectivity index (χ3n) is 2.98. The second-order valence-corrected chi connectivity index (χ2v) is 4.42. The van der Waals surface area contributed by atoms with E-state index in [0.717, 1.165) is 6.07 Å². The van der Waals surface area contributed by atoms with Gasteiger partial charge in [0.2, 0.25) is 0 Å². The summed E-state index contributed by atoms with van der Waals surface area (Å²) in [6, 6.07) is 8.22. The van der Waals surface area contributed by atoms with E-state index in [2.05, 4.69) is 5.32 Å². The van der Waals surface area contributed by atoms with E-state index in [0.29, 0.717) is 0 Å². The first kappa shape index (κ1) is 15.3. The van der Waals surface area contributed by atoms with Gasteiger partial charge in [0.1, 0.15) is 11.7 Å². The molecular formula is C15H14FN3O3. The first-order valence-electron chi connectivity index (χ1n) is 6.25. The molecule has 0 aromatic heterocycles. The van der Waals surface area contributed by atoms with Crippen molar-refractivity contribution < 1.29 is 19.0 Å². The van der Waals surface area contributed by atoms with Gasteiger partial charge in [-0.05, 0) is 30.3 Å². The topological polar surface area (TPSA) is 108 Å². The number of methoxy groups -OCH3 is 1. The van der Waals surface area contributed by atoms with Gasteiger partial charge >= 0.3 is 0 Å². The number of carbonyl (C=O) groups is 1. The summed E-state index contributed by atoms with van der Waals surface area (Å²) >= 11 is 0. The maximum absolute atomic E-state index is 13.7. The van der Waals surface area contributed by atoms with Gasteiger partial charge in [-0.25, -0.2) is 4.39 Å². The van der Waals surface area contributed by atoms with Crippen molar-refractivity contribution in [3.05, 3.63) is 53.3 Å². The fraction of sp³-hybridized carbons (Fsp3) is 0.0667. The standard InChI is InChI=1S/C15H14FN3O3/c1-22-12-4-2-3-10(13(12)20)15(21)19-8-5-6-9(14(17)18)11(16)7-8/h2-7,20H,1H3,(H3,17,18)(H,19,21). The van der Waals surface area contributed by atoms with Gasteiger partial charge in [0.25, 0.3) is 5.91 Å². The Hall–Kier alpha value is -3.09. The van der Waals surface area contributed by atoms with Crippen molar-refractivity contribution >= 4 is 17.4 Å². The summed E-state index contributed by atoms with van der Waals surface area (Å²) in [7, 11) is 1.37. The molecule has 0 saturated carbocycles. The van der Waals surface area contributed by atoms with Gasteiger partial charge in [-0.1, -0.05) is 6.07 Å². The molecule has 0 saturated heterocycles. The minimum absolute atomic E-state index is 0.00426. The number of nitrogens with two attached hydrogens (primary N) is 1. The maximum atomic E-state index is 13.7. The van der Waals surface area contributed by atoms with Gasteiger partial charge in [0.15, 0.2) is 11.5 Å². The molecule has 0 spiro atoms. The summed E-state index contributed by atoms with van der Waals surface area (Å²) in [5.74, 6) is -1.89. The Morgan fingerprint density at radius 2 is 2.05 bits per heavy atom. The third kappa shape index (κ3) is 2.98. The van der Waals surface area contributed by atoms with Crippen LogP contribution in [0.25, 0.3) is 0 Å². The molecule has 1 amide bonds. The van der Waals surface area contributed by atoms with Crippen LogP contribution in [-0.4, -0.2) is 24.0 Å². The molecule has 0 fully saturated rings. The summed E-state index contributed by atoms with van der Waals surface area (Å²) in [5, 5.41) is 19.6. The van der Waals surface area contributed by atoms with E-state index in [1.165, 1.54) is 31.4 Å². The van der Waals surface area contributed by atoms with E-state index in [-0.39, 0.29) is 28.3 Å². The molecular weight excluding hydrogens is 289 g/mol. The third-order valence-corrected chi connectivity index (χ3v) is 2.98. The number of rotatable bonds is 4. The van der Waals surface area contributed by atoms with E-state index in [4.69, 9.17) is 15.9 Å². The number of ether oxygens (including phenoxy) is 1. The zero-order valence-corrected chi connectivity index (χ0v) is 11.7. The van der Waals surface area contributed by atoms with Crippen LogP contribution in [0.2, 0.25) is 0 Å². The number of anilines is 1. The molecule has 7 heteroatoms. The van der Waals surface area contributed by atoms with Gasteiger partial charge in [0.05, 0.1) is 18.2 Å². The predicted molar refractivity (Wildman–Crippen MR) is 80.0 cm³/mol. The number of nitrogens with one attached hydrogen (secondary N) is 2. The van der Waals surface area contributed by atoms with Crippen molar-refractivity contribution in [1.82, 2.24) is 0 Å². The van der Waals surface area contributed by atoms with E-state index in [1.54, 1.807) is 6.07 Å². The zero-order valence-electron chi connectivity index (χ0n) is 11.7. The van der Waals surface area contributed by atoms with Crippen molar-refractivity contribution in [2.75, 3.05) is 12.4 Å². The lowest BCUT2D eigenvalue weighted by atomic mass is 10.1. The van der Waals surface area contributed by atoms with E-state index >= 15 is 0 Å². The van der Waals surface area contributed by atoms with Crippen LogP contribution < -0.4 is 15.8 Å². The number of phenols is 1. The van der Waals surface area contributed by atoms with Crippen LogP contribution in [0.1, 0.15) is 15.9 Å². The highest BCUT2D eigenvalue weighted by molar-refractivity contribution is 6.07. The molecule has 0 radical (unpaired) electrons. The summed E-state index contributed by atoms with van der Waals surface area (Å²) in [6.45, 7) is 0.